The monoisotopic (exact) mass is 293 g/mol. The van der Waals surface area contributed by atoms with Gasteiger partial charge in [-0.25, -0.2) is 0 Å². The molecule has 1 aliphatic carbocycles. The van der Waals surface area contributed by atoms with E-state index in [4.69, 9.17) is 5.73 Å². The average molecular weight is 294 g/mol. The smallest absolute Gasteiger partial charge is 0.191 e. The minimum absolute atomic E-state index is 0.311. The molecule has 3 rings (SSSR count). The van der Waals surface area contributed by atoms with Gasteiger partial charge in [0.05, 0.1) is 12.6 Å². The molecule has 1 aromatic carbocycles. The second-order valence-electron chi connectivity index (χ2n) is 4.83. The summed E-state index contributed by atoms with van der Waals surface area (Å²) in [5.74, 6) is 1.53. The fourth-order valence-electron chi connectivity index (χ4n) is 2.34. The van der Waals surface area contributed by atoms with E-state index in [-0.39, 0.29) is 0 Å². The van der Waals surface area contributed by atoms with Gasteiger partial charge in [-0.15, -0.1) is 0 Å². The molecule has 0 spiro atoms. The van der Waals surface area contributed by atoms with Gasteiger partial charge in [-0.05, 0) is 30.4 Å². The topological polar surface area (TPSA) is 41.6 Å². The molecule has 17 heavy (non-hydrogen) atoms. The van der Waals surface area contributed by atoms with E-state index in [0.29, 0.717) is 12.0 Å². The lowest BCUT2D eigenvalue weighted by Gasteiger charge is -2.27. The normalized spacial score (nSPS) is 23.9. The number of hydrogen-bond acceptors (Lipinski definition) is 3. The standard InChI is InChI=1S/C13H16BrN3/c14-11-4-2-1-3-10(11)12-7-16-13(15)17(12)8-9-5-6-9/h1-4,9,12H,5-8H2,(H2,15,16). The summed E-state index contributed by atoms with van der Waals surface area (Å²) in [6.07, 6.45) is 2.68. The predicted molar refractivity (Wildman–Crippen MR) is 72.8 cm³/mol. The van der Waals surface area contributed by atoms with Gasteiger partial charge < -0.3 is 10.6 Å². The summed E-state index contributed by atoms with van der Waals surface area (Å²) in [5, 5.41) is 0. The molecule has 2 aliphatic rings. The first-order valence-corrected chi connectivity index (χ1v) is 6.86. The minimum Gasteiger partial charge on any atom is -0.370 e. The molecule has 2 N–H and O–H groups in total. The first-order chi connectivity index (χ1) is 8.25. The summed E-state index contributed by atoms with van der Waals surface area (Å²) in [6, 6.07) is 8.66. The zero-order chi connectivity index (χ0) is 11.8. The quantitative estimate of drug-likeness (QED) is 0.930. The molecule has 0 aromatic heterocycles. The van der Waals surface area contributed by atoms with Gasteiger partial charge >= 0.3 is 0 Å². The number of hydrogen-bond donors (Lipinski definition) is 1. The van der Waals surface area contributed by atoms with Gasteiger partial charge in [-0.2, -0.15) is 0 Å². The largest absolute Gasteiger partial charge is 0.370 e. The fourth-order valence-corrected chi connectivity index (χ4v) is 2.89. The first-order valence-electron chi connectivity index (χ1n) is 6.06. The van der Waals surface area contributed by atoms with Crippen molar-refractivity contribution in [1.29, 1.82) is 0 Å². The van der Waals surface area contributed by atoms with E-state index in [1.54, 1.807) is 0 Å². The average Bonchev–Trinajstić information content (AvgIpc) is 3.06. The molecule has 1 unspecified atom stereocenters. The highest BCUT2D eigenvalue weighted by atomic mass is 79.9. The van der Waals surface area contributed by atoms with E-state index in [2.05, 4.69) is 44.0 Å². The van der Waals surface area contributed by atoms with E-state index < -0.39 is 0 Å². The number of halogens is 1. The van der Waals surface area contributed by atoms with Crippen molar-refractivity contribution in [3.63, 3.8) is 0 Å². The van der Waals surface area contributed by atoms with Crippen LogP contribution in [-0.2, 0) is 0 Å². The SMILES string of the molecule is NC1=NCC(c2ccccc2Br)N1CC1CC1. The Bertz CT molecular complexity index is 454. The predicted octanol–water partition coefficient (Wildman–Crippen LogP) is 2.53. The molecule has 1 saturated carbocycles. The van der Waals surface area contributed by atoms with Gasteiger partial charge in [-0.3, -0.25) is 4.99 Å². The van der Waals surface area contributed by atoms with Crippen LogP contribution < -0.4 is 5.73 Å². The summed E-state index contributed by atoms with van der Waals surface area (Å²) < 4.78 is 1.15. The third-order valence-corrected chi connectivity index (χ3v) is 4.23. The Morgan fingerprint density at radius 1 is 1.35 bits per heavy atom. The van der Waals surface area contributed by atoms with Crippen LogP contribution in [0.25, 0.3) is 0 Å². The molecule has 0 radical (unpaired) electrons. The van der Waals surface area contributed by atoms with Gasteiger partial charge in [-0.1, -0.05) is 34.1 Å². The lowest BCUT2D eigenvalue weighted by molar-refractivity contribution is 0.333. The van der Waals surface area contributed by atoms with Gasteiger partial charge in [0, 0.05) is 11.0 Å². The molecule has 3 nitrogen and oxygen atoms in total. The number of aliphatic imine (C=N–C) groups is 1. The van der Waals surface area contributed by atoms with E-state index in [0.717, 1.165) is 23.5 Å². The van der Waals surface area contributed by atoms with Crippen LogP contribution in [0, 0.1) is 5.92 Å². The molecule has 1 aromatic rings. The van der Waals surface area contributed by atoms with Crippen LogP contribution in [0.3, 0.4) is 0 Å². The molecule has 1 fully saturated rings. The van der Waals surface area contributed by atoms with Crippen LogP contribution in [-0.4, -0.2) is 23.9 Å². The molecule has 0 amide bonds. The van der Waals surface area contributed by atoms with E-state index in [9.17, 15) is 0 Å². The van der Waals surface area contributed by atoms with Crippen LogP contribution in [0.2, 0.25) is 0 Å². The van der Waals surface area contributed by atoms with Crippen molar-refractivity contribution in [3.05, 3.63) is 34.3 Å². The summed E-state index contributed by atoms with van der Waals surface area (Å²) in [7, 11) is 0. The molecule has 1 atom stereocenters. The van der Waals surface area contributed by atoms with Gasteiger partial charge in [0.25, 0.3) is 0 Å². The Morgan fingerprint density at radius 2 is 2.12 bits per heavy atom. The van der Waals surface area contributed by atoms with Crippen LogP contribution in [0.4, 0.5) is 0 Å². The number of nitrogens with two attached hydrogens (primary N) is 1. The first kappa shape index (κ1) is 11.1. The lowest BCUT2D eigenvalue weighted by atomic mass is 10.1. The molecule has 0 bridgehead atoms. The Kier molecular flexibility index (Phi) is 2.82. The molecule has 4 heteroatoms. The summed E-state index contributed by atoms with van der Waals surface area (Å²) in [5.41, 5.74) is 7.28. The van der Waals surface area contributed by atoms with Crippen LogP contribution in [0.15, 0.2) is 33.7 Å². The number of guanidine groups is 1. The molecular weight excluding hydrogens is 278 g/mol. The third-order valence-electron chi connectivity index (χ3n) is 3.51. The second kappa shape index (κ2) is 4.33. The van der Waals surface area contributed by atoms with Crippen molar-refractivity contribution in [2.45, 2.75) is 18.9 Å². The van der Waals surface area contributed by atoms with Crippen molar-refractivity contribution in [1.82, 2.24) is 4.90 Å². The van der Waals surface area contributed by atoms with Crippen LogP contribution in [0.5, 0.6) is 0 Å². The Labute approximate surface area is 110 Å². The van der Waals surface area contributed by atoms with Crippen molar-refractivity contribution in [3.8, 4) is 0 Å². The Hall–Kier alpha value is -1.03. The van der Waals surface area contributed by atoms with Gasteiger partial charge in [0.2, 0.25) is 0 Å². The summed E-state index contributed by atoms with van der Waals surface area (Å²) in [4.78, 5) is 6.66. The molecule has 1 heterocycles. The van der Waals surface area contributed by atoms with Crippen LogP contribution >= 0.6 is 15.9 Å². The minimum atomic E-state index is 0.311. The molecular formula is C13H16BrN3. The van der Waals surface area contributed by atoms with E-state index in [1.165, 1.54) is 18.4 Å². The van der Waals surface area contributed by atoms with Crippen molar-refractivity contribution in [2.75, 3.05) is 13.1 Å². The molecule has 0 saturated heterocycles. The Balaban J connectivity index is 1.84. The van der Waals surface area contributed by atoms with E-state index >= 15 is 0 Å². The van der Waals surface area contributed by atoms with Crippen molar-refractivity contribution >= 4 is 21.9 Å². The number of rotatable bonds is 3. The fraction of sp³-hybridized carbons (Fsp3) is 0.462. The van der Waals surface area contributed by atoms with Crippen molar-refractivity contribution < 1.29 is 0 Å². The highest BCUT2D eigenvalue weighted by Crippen LogP contribution is 2.36. The maximum Gasteiger partial charge on any atom is 0.191 e. The number of benzene rings is 1. The van der Waals surface area contributed by atoms with Crippen LogP contribution in [0.1, 0.15) is 24.4 Å². The molecule has 1 aliphatic heterocycles. The van der Waals surface area contributed by atoms with E-state index in [1.807, 2.05) is 6.07 Å². The number of nitrogens with zero attached hydrogens (tertiary/aromatic N) is 2. The zero-order valence-electron chi connectivity index (χ0n) is 9.64. The molecule has 90 valence electrons. The maximum absolute atomic E-state index is 5.99. The Morgan fingerprint density at radius 3 is 2.82 bits per heavy atom. The maximum atomic E-state index is 5.99. The highest BCUT2D eigenvalue weighted by Gasteiger charge is 2.33. The lowest BCUT2D eigenvalue weighted by Crippen LogP contribution is -2.37. The highest BCUT2D eigenvalue weighted by molar-refractivity contribution is 9.10. The van der Waals surface area contributed by atoms with Crippen molar-refractivity contribution in [2.24, 2.45) is 16.6 Å². The van der Waals surface area contributed by atoms with Gasteiger partial charge in [0.15, 0.2) is 5.96 Å². The summed E-state index contributed by atoms with van der Waals surface area (Å²) in [6.45, 7) is 1.84. The summed E-state index contributed by atoms with van der Waals surface area (Å²) >= 11 is 3.62. The zero-order valence-corrected chi connectivity index (χ0v) is 11.2. The third kappa shape index (κ3) is 2.18. The van der Waals surface area contributed by atoms with Gasteiger partial charge in [0.1, 0.15) is 0 Å². The second-order valence-corrected chi connectivity index (χ2v) is 5.69.